The van der Waals surface area contributed by atoms with Crippen LogP contribution < -0.4 is 0 Å². The zero-order valence-electron chi connectivity index (χ0n) is 20.0. The Hall–Kier alpha value is -2.41. The molecule has 1 heteroatoms. The van der Waals surface area contributed by atoms with Crippen LogP contribution in [0.25, 0.3) is 22.3 Å². The van der Waals surface area contributed by atoms with Gasteiger partial charge < -0.3 is 0 Å². The highest BCUT2D eigenvalue weighted by molar-refractivity contribution is 5.83. The number of rotatable bonds is 13. The molecular weight excluding hydrogens is 391 g/mol. The van der Waals surface area contributed by atoms with Crippen molar-refractivity contribution in [2.24, 2.45) is 0 Å². The molecule has 0 nitrogen and oxygen atoms in total. The molecule has 0 unspecified atom stereocenters. The molecule has 0 amide bonds. The molecule has 0 spiro atoms. The lowest BCUT2D eigenvalue weighted by atomic mass is 9.92. The van der Waals surface area contributed by atoms with E-state index in [-0.39, 0.29) is 5.82 Å². The van der Waals surface area contributed by atoms with Crippen molar-refractivity contribution in [2.75, 3.05) is 0 Å². The Morgan fingerprint density at radius 2 is 1.09 bits per heavy atom. The minimum atomic E-state index is -0.119. The summed E-state index contributed by atoms with van der Waals surface area (Å²) in [6, 6.07) is 22.8. The fourth-order valence-electron chi connectivity index (χ4n) is 4.44. The number of aryl methyl sites for hydroxylation is 2. The predicted molar refractivity (Wildman–Crippen MR) is 138 cm³/mol. The van der Waals surface area contributed by atoms with E-state index in [0.717, 1.165) is 41.5 Å². The van der Waals surface area contributed by atoms with Crippen molar-refractivity contribution in [3.63, 3.8) is 0 Å². The van der Waals surface area contributed by atoms with Gasteiger partial charge >= 0.3 is 0 Å². The highest BCUT2D eigenvalue weighted by Gasteiger charge is 2.12. The van der Waals surface area contributed by atoms with Crippen LogP contribution in [0, 0.1) is 5.82 Å². The van der Waals surface area contributed by atoms with Gasteiger partial charge in [-0.25, -0.2) is 4.39 Å². The summed E-state index contributed by atoms with van der Waals surface area (Å²) >= 11 is 0. The number of hydrogen-bond donors (Lipinski definition) is 0. The Morgan fingerprint density at radius 3 is 1.81 bits per heavy atom. The lowest BCUT2D eigenvalue weighted by Gasteiger charge is -2.13. The van der Waals surface area contributed by atoms with E-state index in [9.17, 15) is 0 Å². The van der Waals surface area contributed by atoms with E-state index < -0.39 is 0 Å². The maximum atomic E-state index is 15.1. The quantitative estimate of drug-likeness (QED) is 0.237. The van der Waals surface area contributed by atoms with Crippen molar-refractivity contribution in [3.05, 3.63) is 83.7 Å². The first-order valence-electron chi connectivity index (χ1n) is 12.7. The average Bonchev–Trinajstić information content (AvgIpc) is 2.82. The van der Waals surface area contributed by atoms with E-state index in [2.05, 4.69) is 50.2 Å². The summed E-state index contributed by atoms with van der Waals surface area (Å²) in [5, 5.41) is 0. The van der Waals surface area contributed by atoms with Crippen molar-refractivity contribution in [1.82, 2.24) is 0 Å². The van der Waals surface area contributed by atoms with Crippen LogP contribution in [0.5, 0.6) is 0 Å². The second kappa shape index (κ2) is 13.2. The third-order valence-corrected chi connectivity index (χ3v) is 6.40. The van der Waals surface area contributed by atoms with Crippen molar-refractivity contribution in [1.29, 1.82) is 0 Å². The topological polar surface area (TPSA) is 0 Å². The molecule has 0 bridgehead atoms. The van der Waals surface area contributed by atoms with Crippen LogP contribution in [0.3, 0.4) is 0 Å². The Kier molecular flexibility index (Phi) is 10.0. The van der Waals surface area contributed by atoms with Gasteiger partial charge in [-0.2, -0.15) is 0 Å². The maximum absolute atomic E-state index is 15.1. The van der Waals surface area contributed by atoms with Crippen LogP contribution in [0.4, 0.5) is 4.39 Å². The molecule has 3 aromatic carbocycles. The van der Waals surface area contributed by atoms with Gasteiger partial charge in [0, 0.05) is 5.56 Å². The summed E-state index contributed by atoms with van der Waals surface area (Å²) < 4.78 is 15.1. The average molecular weight is 431 g/mol. The van der Waals surface area contributed by atoms with Crippen LogP contribution >= 0.6 is 0 Å². The third kappa shape index (κ3) is 7.05. The van der Waals surface area contributed by atoms with Gasteiger partial charge in [0.15, 0.2) is 0 Å². The van der Waals surface area contributed by atoms with E-state index in [1.807, 2.05) is 24.3 Å². The molecule has 170 valence electrons. The number of hydrogen-bond acceptors (Lipinski definition) is 0. The van der Waals surface area contributed by atoms with Gasteiger partial charge in [0.25, 0.3) is 0 Å². The van der Waals surface area contributed by atoms with Crippen LogP contribution in [0.2, 0.25) is 0 Å². The molecule has 3 aromatic rings. The molecule has 0 atom stereocenters. The zero-order chi connectivity index (χ0) is 22.6. The number of halogens is 1. The molecule has 0 radical (unpaired) electrons. The monoisotopic (exact) mass is 430 g/mol. The van der Waals surface area contributed by atoms with E-state index in [0.29, 0.717) is 5.56 Å². The minimum Gasteiger partial charge on any atom is -0.206 e. The summed E-state index contributed by atoms with van der Waals surface area (Å²) in [6.45, 7) is 4.46. The second-order valence-electron chi connectivity index (χ2n) is 9.03. The molecule has 0 N–H and O–H groups in total. The summed E-state index contributed by atoms with van der Waals surface area (Å²) in [7, 11) is 0. The molecule has 0 saturated carbocycles. The lowest BCUT2D eigenvalue weighted by molar-refractivity contribution is 0.607. The van der Waals surface area contributed by atoms with Gasteiger partial charge in [0.1, 0.15) is 5.82 Å². The number of benzene rings is 3. The van der Waals surface area contributed by atoms with E-state index in [1.54, 1.807) is 6.07 Å². The minimum absolute atomic E-state index is 0.119. The summed E-state index contributed by atoms with van der Waals surface area (Å²) in [5.41, 5.74) is 6.39. The SMILES string of the molecule is CCCCCCCCc1ccc(-c2ccccc2-c2ccc(CCCCC)cc2F)cc1. The van der Waals surface area contributed by atoms with Gasteiger partial charge in [-0.1, -0.05) is 119 Å². The molecule has 0 aromatic heterocycles. The van der Waals surface area contributed by atoms with E-state index in [4.69, 9.17) is 0 Å². The Balaban J connectivity index is 1.70. The Morgan fingerprint density at radius 1 is 0.531 bits per heavy atom. The summed E-state index contributed by atoms with van der Waals surface area (Å²) in [5.74, 6) is -0.119. The number of unbranched alkanes of at least 4 members (excludes halogenated alkanes) is 7. The first-order chi connectivity index (χ1) is 15.7. The van der Waals surface area contributed by atoms with Crippen LogP contribution in [0.1, 0.15) is 82.8 Å². The van der Waals surface area contributed by atoms with Crippen LogP contribution in [-0.2, 0) is 12.8 Å². The summed E-state index contributed by atoms with van der Waals surface area (Å²) in [4.78, 5) is 0. The molecule has 0 aliphatic rings. The van der Waals surface area contributed by atoms with Crippen LogP contribution in [0.15, 0.2) is 66.7 Å². The largest absolute Gasteiger partial charge is 0.206 e. The first-order valence-corrected chi connectivity index (χ1v) is 12.7. The predicted octanol–water partition coefficient (Wildman–Crippen LogP) is 9.80. The molecule has 0 heterocycles. The molecule has 3 rings (SSSR count). The van der Waals surface area contributed by atoms with Crippen molar-refractivity contribution >= 4 is 0 Å². The molecule has 32 heavy (non-hydrogen) atoms. The second-order valence-corrected chi connectivity index (χ2v) is 9.03. The molecule has 0 fully saturated rings. The normalized spacial score (nSPS) is 11.1. The van der Waals surface area contributed by atoms with Gasteiger partial charge in [0.05, 0.1) is 0 Å². The van der Waals surface area contributed by atoms with Crippen molar-refractivity contribution in [2.45, 2.75) is 84.5 Å². The molecule has 0 aliphatic carbocycles. The fraction of sp³-hybridized carbons (Fsp3) is 0.419. The first kappa shape index (κ1) is 24.2. The Labute approximate surface area is 194 Å². The van der Waals surface area contributed by atoms with E-state index in [1.165, 1.54) is 56.9 Å². The van der Waals surface area contributed by atoms with Gasteiger partial charge in [-0.3, -0.25) is 0 Å². The van der Waals surface area contributed by atoms with Gasteiger partial charge in [-0.15, -0.1) is 0 Å². The van der Waals surface area contributed by atoms with Crippen LogP contribution in [-0.4, -0.2) is 0 Å². The smallest absolute Gasteiger partial charge is 0.131 e. The highest BCUT2D eigenvalue weighted by Crippen LogP contribution is 2.34. The molecular formula is C31H39F. The van der Waals surface area contributed by atoms with E-state index >= 15 is 4.39 Å². The molecule has 0 saturated heterocycles. The summed E-state index contributed by atoms with van der Waals surface area (Å²) in [6.07, 6.45) is 13.5. The maximum Gasteiger partial charge on any atom is 0.131 e. The van der Waals surface area contributed by atoms with Gasteiger partial charge in [-0.05, 0) is 59.6 Å². The zero-order valence-corrected chi connectivity index (χ0v) is 20.0. The molecule has 0 aliphatic heterocycles. The van der Waals surface area contributed by atoms with Crippen molar-refractivity contribution in [3.8, 4) is 22.3 Å². The fourth-order valence-corrected chi connectivity index (χ4v) is 4.44. The third-order valence-electron chi connectivity index (χ3n) is 6.40. The highest BCUT2D eigenvalue weighted by atomic mass is 19.1. The lowest BCUT2D eigenvalue weighted by Crippen LogP contribution is -1.93. The Bertz CT molecular complexity index is 939. The van der Waals surface area contributed by atoms with Gasteiger partial charge in [0.2, 0.25) is 0 Å². The standard InChI is InChI=1S/C31H39F/c1-3-5-7-8-9-11-14-25-18-21-27(22-19-25)28-16-12-13-17-29(28)30-23-20-26(24-31(30)32)15-10-6-4-2/h12-13,16-24H,3-11,14-15H2,1-2H3. The van der Waals surface area contributed by atoms with Crippen molar-refractivity contribution < 1.29 is 4.39 Å².